The Hall–Kier alpha value is -3.95. The first kappa shape index (κ1) is 20.3. The molecule has 1 saturated carbocycles. The van der Waals surface area contributed by atoms with E-state index in [-0.39, 0.29) is 28.8 Å². The molecular formula is C21H19N3O7. The van der Waals surface area contributed by atoms with Crippen molar-refractivity contribution < 1.29 is 28.5 Å². The van der Waals surface area contributed by atoms with Crippen molar-refractivity contribution in [3.63, 3.8) is 0 Å². The number of hydrogen-bond donors (Lipinski definition) is 1. The van der Waals surface area contributed by atoms with E-state index < -0.39 is 22.8 Å². The molecule has 1 aliphatic carbocycles. The molecule has 1 aliphatic heterocycles. The van der Waals surface area contributed by atoms with Crippen molar-refractivity contribution in [2.75, 3.05) is 7.11 Å². The molecule has 2 heterocycles. The van der Waals surface area contributed by atoms with Gasteiger partial charge in [-0.1, -0.05) is 12.8 Å². The van der Waals surface area contributed by atoms with Crippen molar-refractivity contribution in [1.82, 2.24) is 10.2 Å². The molecule has 1 N–H and O–H groups in total. The van der Waals surface area contributed by atoms with E-state index >= 15 is 0 Å². The van der Waals surface area contributed by atoms with Crippen molar-refractivity contribution in [3.05, 3.63) is 51.8 Å². The topological polar surface area (TPSA) is 132 Å². The van der Waals surface area contributed by atoms with Crippen LogP contribution in [0.25, 0.3) is 17.4 Å². The van der Waals surface area contributed by atoms with Gasteiger partial charge in [0.2, 0.25) is 0 Å². The van der Waals surface area contributed by atoms with Gasteiger partial charge in [-0.2, -0.15) is 0 Å². The minimum Gasteiger partial charge on any atom is -0.496 e. The normalized spacial score (nSPS) is 18.5. The van der Waals surface area contributed by atoms with Crippen molar-refractivity contribution in [3.8, 4) is 17.1 Å². The first-order chi connectivity index (χ1) is 14.9. The number of hydrogen-bond acceptors (Lipinski definition) is 7. The third kappa shape index (κ3) is 3.79. The summed E-state index contributed by atoms with van der Waals surface area (Å²) in [5, 5.41) is 13.3. The van der Waals surface area contributed by atoms with Crippen LogP contribution < -0.4 is 10.1 Å². The van der Waals surface area contributed by atoms with Crippen LogP contribution >= 0.6 is 0 Å². The average molecular weight is 425 g/mol. The van der Waals surface area contributed by atoms with Crippen molar-refractivity contribution in [2.45, 2.75) is 31.7 Å². The Labute approximate surface area is 176 Å². The first-order valence-electron chi connectivity index (χ1n) is 9.72. The number of amides is 4. The van der Waals surface area contributed by atoms with Crippen LogP contribution in [0, 0.1) is 10.1 Å². The van der Waals surface area contributed by atoms with E-state index in [4.69, 9.17) is 9.15 Å². The molecule has 0 bridgehead atoms. The standard InChI is InChI=1S/C21H19N3O7/c1-30-17-8-6-13(24(28)29)10-15(17)18-9-7-14(31-18)11-16-19(25)22-21(27)23(20(16)26)12-4-2-3-5-12/h6-12H,2-5H2,1H3,(H,22,25,27)/b16-11+. The third-order valence-electron chi connectivity index (χ3n) is 5.40. The number of urea groups is 1. The summed E-state index contributed by atoms with van der Waals surface area (Å²) in [6.07, 6.45) is 4.51. The molecule has 1 aromatic heterocycles. The summed E-state index contributed by atoms with van der Waals surface area (Å²) in [6, 6.07) is 6.22. The number of imide groups is 2. The van der Waals surface area contributed by atoms with Gasteiger partial charge in [0.1, 0.15) is 22.8 Å². The predicted molar refractivity (Wildman–Crippen MR) is 108 cm³/mol. The van der Waals surface area contributed by atoms with Gasteiger partial charge in [-0.3, -0.25) is 29.9 Å². The van der Waals surface area contributed by atoms with Gasteiger partial charge in [0, 0.05) is 18.2 Å². The number of nitrogens with zero attached hydrogens (tertiary/aromatic N) is 2. The summed E-state index contributed by atoms with van der Waals surface area (Å²) in [7, 11) is 1.43. The van der Waals surface area contributed by atoms with E-state index in [1.165, 1.54) is 37.5 Å². The third-order valence-corrected chi connectivity index (χ3v) is 5.40. The molecule has 0 unspecified atom stereocenters. The summed E-state index contributed by atoms with van der Waals surface area (Å²) in [5.74, 6) is -0.645. The first-order valence-corrected chi connectivity index (χ1v) is 9.72. The molecule has 0 spiro atoms. The smallest absolute Gasteiger partial charge is 0.331 e. The molecule has 1 saturated heterocycles. The number of nitrogens with one attached hydrogen (secondary N) is 1. The number of nitro groups is 1. The number of methoxy groups -OCH3 is 1. The fourth-order valence-corrected chi connectivity index (χ4v) is 3.88. The van der Waals surface area contributed by atoms with Crippen LogP contribution in [0.1, 0.15) is 31.4 Å². The summed E-state index contributed by atoms with van der Waals surface area (Å²) < 4.78 is 11.0. The number of nitro benzene ring substituents is 1. The molecule has 0 atom stereocenters. The Balaban J connectivity index is 1.67. The van der Waals surface area contributed by atoms with Gasteiger partial charge in [-0.05, 0) is 37.1 Å². The van der Waals surface area contributed by atoms with Crippen LogP contribution in [0.4, 0.5) is 10.5 Å². The van der Waals surface area contributed by atoms with Gasteiger partial charge in [0.25, 0.3) is 17.5 Å². The van der Waals surface area contributed by atoms with E-state index in [9.17, 15) is 24.5 Å². The molecular weight excluding hydrogens is 406 g/mol. The quantitative estimate of drug-likeness (QED) is 0.336. The summed E-state index contributed by atoms with van der Waals surface area (Å²) >= 11 is 0. The average Bonchev–Trinajstić information content (AvgIpc) is 3.43. The van der Waals surface area contributed by atoms with Crippen LogP contribution in [-0.2, 0) is 9.59 Å². The Morgan fingerprint density at radius 3 is 2.61 bits per heavy atom. The lowest BCUT2D eigenvalue weighted by Gasteiger charge is -2.30. The second kappa shape index (κ2) is 8.05. The highest BCUT2D eigenvalue weighted by molar-refractivity contribution is 6.31. The van der Waals surface area contributed by atoms with E-state index in [2.05, 4.69) is 5.32 Å². The van der Waals surface area contributed by atoms with Gasteiger partial charge in [0.05, 0.1) is 17.6 Å². The SMILES string of the molecule is COc1ccc([N+](=O)[O-])cc1-c1ccc(/C=C2\C(=O)NC(=O)N(C3CCCC3)C2=O)o1. The van der Waals surface area contributed by atoms with Gasteiger partial charge in [-0.25, -0.2) is 4.79 Å². The largest absolute Gasteiger partial charge is 0.496 e. The molecule has 31 heavy (non-hydrogen) atoms. The lowest BCUT2D eigenvalue weighted by molar-refractivity contribution is -0.384. The summed E-state index contributed by atoms with van der Waals surface area (Å²) in [5.41, 5.74) is 0.00148. The Morgan fingerprint density at radius 2 is 1.94 bits per heavy atom. The molecule has 0 radical (unpaired) electrons. The molecule has 1 aromatic carbocycles. The Morgan fingerprint density at radius 1 is 1.19 bits per heavy atom. The zero-order valence-corrected chi connectivity index (χ0v) is 16.6. The molecule has 10 heteroatoms. The second-order valence-electron chi connectivity index (χ2n) is 7.27. The Kier molecular flexibility index (Phi) is 5.28. The van der Waals surface area contributed by atoms with Crippen LogP contribution in [-0.4, -0.2) is 40.8 Å². The highest BCUT2D eigenvalue weighted by Gasteiger charge is 2.40. The number of carbonyl (C=O) groups excluding carboxylic acids is 3. The maximum atomic E-state index is 12.9. The number of benzene rings is 1. The van der Waals surface area contributed by atoms with Gasteiger partial charge in [-0.15, -0.1) is 0 Å². The van der Waals surface area contributed by atoms with E-state index in [1.807, 2.05) is 0 Å². The zero-order valence-electron chi connectivity index (χ0n) is 16.6. The van der Waals surface area contributed by atoms with E-state index in [0.29, 0.717) is 24.2 Å². The van der Waals surface area contributed by atoms with Crippen LogP contribution in [0.5, 0.6) is 5.75 Å². The van der Waals surface area contributed by atoms with Gasteiger partial charge < -0.3 is 9.15 Å². The van der Waals surface area contributed by atoms with Gasteiger partial charge >= 0.3 is 6.03 Å². The number of barbiturate groups is 1. The predicted octanol–water partition coefficient (Wildman–Crippen LogP) is 3.27. The number of furan rings is 1. The molecule has 2 aliphatic rings. The second-order valence-corrected chi connectivity index (χ2v) is 7.27. The fourth-order valence-electron chi connectivity index (χ4n) is 3.88. The monoisotopic (exact) mass is 425 g/mol. The Bertz CT molecular complexity index is 1110. The lowest BCUT2D eigenvalue weighted by atomic mass is 10.1. The molecule has 10 nitrogen and oxygen atoms in total. The maximum Gasteiger partial charge on any atom is 0.331 e. The number of carbonyl (C=O) groups is 3. The van der Waals surface area contributed by atoms with Crippen molar-refractivity contribution in [1.29, 1.82) is 0 Å². The summed E-state index contributed by atoms with van der Waals surface area (Å²) in [4.78, 5) is 49.0. The van der Waals surface area contributed by atoms with E-state index in [1.54, 1.807) is 6.07 Å². The maximum absolute atomic E-state index is 12.9. The summed E-state index contributed by atoms with van der Waals surface area (Å²) in [6.45, 7) is 0. The molecule has 160 valence electrons. The van der Waals surface area contributed by atoms with Crippen LogP contribution in [0.3, 0.4) is 0 Å². The van der Waals surface area contributed by atoms with Crippen LogP contribution in [0.2, 0.25) is 0 Å². The highest BCUT2D eigenvalue weighted by atomic mass is 16.6. The minimum atomic E-state index is -0.796. The van der Waals surface area contributed by atoms with Gasteiger partial charge in [0.15, 0.2) is 0 Å². The minimum absolute atomic E-state index is 0.139. The van der Waals surface area contributed by atoms with Crippen molar-refractivity contribution >= 4 is 29.6 Å². The molecule has 2 aromatic rings. The lowest BCUT2D eigenvalue weighted by Crippen LogP contribution is -2.57. The number of non-ortho nitro benzene ring substituents is 1. The fraction of sp³-hybridized carbons (Fsp3) is 0.286. The number of rotatable bonds is 5. The van der Waals surface area contributed by atoms with Crippen molar-refractivity contribution in [2.24, 2.45) is 0 Å². The highest BCUT2D eigenvalue weighted by Crippen LogP contribution is 2.35. The molecule has 2 fully saturated rings. The van der Waals surface area contributed by atoms with E-state index in [0.717, 1.165) is 17.7 Å². The zero-order chi connectivity index (χ0) is 22.1. The molecule has 4 rings (SSSR count). The number of ether oxygens (including phenoxy) is 1. The van der Waals surface area contributed by atoms with Crippen LogP contribution in [0.15, 0.2) is 40.3 Å². The molecule has 4 amide bonds.